The summed E-state index contributed by atoms with van der Waals surface area (Å²) < 4.78 is 25.1. The molecule has 20 heavy (non-hydrogen) atoms. The van der Waals surface area contributed by atoms with Gasteiger partial charge >= 0.3 is 0 Å². The van der Waals surface area contributed by atoms with Gasteiger partial charge in [-0.3, -0.25) is 0 Å². The van der Waals surface area contributed by atoms with Crippen molar-refractivity contribution < 1.29 is 8.78 Å². The first-order valence-electron chi connectivity index (χ1n) is 6.88. The number of halogens is 2. The molecule has 0 radical (unpaired) electrons. The molecule has 1 aliphatic rings. The Labute approximate surface area is 118 Å². The van der Waals surface area contributed by atoms with E-state index in [4.69, 9.17) is 5.73 Å². The zero-order valence-electron chi connectivity index (χ0n) is 11.7. The van der Waals surface area contributed by atoms with Crippen LogP contribution in [0.4, 0.5) is 8.78 Å². The second-order valence-corrected chi connectivity index (χ2v) is 5.18. The van der Waals surface area contributed by atoms with Crippen molar-refractivity contribution in [3.8, 4) is 0 Å². The quantitative estimate of drug-likeness (QED) is 0.857. The smallest absolute Gasteiger partial charge is 0.263 e. The number of nitrogens with two attached hydrogens (primary N) is 1. The number of nitrogens with zero attached hydrogens (tertiary/aromatic N) is 2. The average Bonchev–Trinajstić information content (AvgIpc) is 2.47. The molecule has 6 heteroatoms. The number of alkyl halides is 2. The van der Waals surface area contributed by atoms with E-state index in [1.807, 2.05) is 0 Å². The van der Waals surface area contributed by atoms with Crippen LogP contribution in [-0.4, -0.2) is 49.7 Å². The van der Waals surface area contributed by atoms with Crippen molar-refractivity contribution in [2.45, 2.75) is 12.5 Å². The van der Waals surface area contributed by atoms with Crippen molar-refractivity contribution in [2.24, 2.45) is 5.73 Å². The number of hydrogen-bond acceptors (Lipinski definition) is 4. The molecule has 0 aromatic heterocycles. The number of hydrogen-bond donors (Lipinski definition) is 2. The van der Waals surface area contributed by atoms with E-state index < -0.39 is 6.43 Å². The Morgan fingerprint density at radius 2 is 1.65 bits per heavy atom. The van der Waals surface area contributed by atoms with Crippen LogP contribution in [0.5, 0.6) is 0 Å². The molecule has 1 saturated heterocycles. The molecule has 3 N–H and O–H groups in total. The maximum absolute atomic E-state index is 12.5. The van der Waals surface area contributed by atoms with E-state index in [9.17, 15) is 8.78 Å². The van der Waals surface area contributed by atoms with Crippen molar-refractivity contribution in [2.75, 3.05) is 39.8 Å². The van der Waals surface area contributed by atoms with E-state index in [0.717, 1.165) is 31.7 Å². The van der Waals surface area contributed by atoms with Crippen molar-refractivity contribution in [1.82, 2.24) is 15.3 Å². The number of likely N-dealkylation sites (N-methyl/N-ethyl adjacent to an activating group) is 1. The van der Waals surface area contributed by atoms with Crippen LogP contribution in [0.1, 0.15) is 23.6 Å². The highest BCUT2D eigenvalue weighted by atomic mass is 19.3. The molecule has 1 unspecified atom stereocenters. The normalized spacial score (nSPS) is 19.4. The van der Waals surface area contributed by atoms with Gasteiger partial charge in [-0.2, -0.15) is 0 Å². The Hall–Kier alpha value is -1.08. The minimum Gasteiger partial charge on any atom is -0.329 e. The molecular formula is C14H22F2N4. The second kappa shape index (κ2) is 7.08. The summed E-state index contributed by atoms with van der Waals surface area (Å²) in [4.78, 5) is 2.27. The highest BCUT2D eigenvalue weighted by Gasteiger charge is 2.18. The van der Waals surface area contributed by atoms with Crippen molar-refractivity contribution in [3.63, 3.8) is 0 Å². The van der Waals surface area contributed by atoms with E-state index >= 15 is 0 Å². The lowest BCUT2D eigenvalue weighted by Gasteiger charge is -2.35. The molecule has 1 aromatic carbocycles. The molecule has 1 aromatic rings. The largest absolute Gasteiger partial charge is 0.329 e. The third kappa shape index (κ3) is 3.96. The van der Waals surface area contributed by atoms with E-state index in [2.05, 4.69) is 22.4 Å². The molecule has 1 fully saturated rings. The maximum atomic E-state index is 12.5. The fourth-order valence-electron chi connectivity index (χ4n) is 2.29. The van der Waals surface area contributed by atoms with E-state index in [0.29, 0.717) is 6.54 Å². The first kappa shape index (κ1) is 15.3. The summed E-state index contributed by atoms with van der Waals surface area (Å²) >= 11 is 0. The van der Waals surface area contributed by atoms with Crippen molar-refractivity contribution in [1.29, 1.82) is 0 Å². The van der Waals surface area contributed by atoms with E-state index in [1.54, 1.807) is 12.1 Å². The first-order chi connectivity index (χ1) is 9.60. The molecule has 0 spiro atoms. The molecule has 1 aliphatic heterocycles. The lowest BCUT2D eigenvalue weighted by Crippen LogP contribution is -2.52. The van der Waals surface area contributed by atoms with E-state index in [-0.39, 0.29) is 11.6 Å². The van der Waals surface area contributed by atoms with Crippen LogP contribution in [0.25, 0.3) is 0 Å². The lowest BCUT2D eigenvalue weighted by atomic mass is 10.1. The number of rotatable bonds is 5. The first-order valence-corrected chi connectivity index (χ1v) is 6.88. The third-order valence-electron chi connectivity index (χ3n) is 3.67. The Bertz CT molecular complexity index is 402. The average molecular weight is 284 g/mol. The summed E-state index contributed by atoms with van der Waals surface area (Å²) in [5.41, 5.74) is 10.2. The zero-order valence-corrected chi connectivity index (χ0v) is 11.7. The van der Waals surface area contributed by atoms with Crippen LogP contribution in [0, 0.1) is 0 Å². The molecule has 0 aliphatic carbocycles. The summed E-state index contributed by atoms with van der Waals surface area (Å²) in [7, 11) is 2.10. The summed E-state index contributed by atoms with van der Waals surface area (Å²) in [5.74, 6) is 0. The third-order valence-corrected chi connectivity index (χ3v) is 3.67. The Morgan fingerprint density at radius 3 is 2.15 bits per heavy atom. The molecule has 1 heterocycles. The SMILES string of the molecule is CN1CCN(NC(CN)c2ccc(C(F)F)cc2)CC1. The Balaban J connectivity index is 1.97. The van der Waals surface area contributed by atoms with Gasteiger partial charge in [0.15, 0.2) is 0 Å². The van der Waals surface area contributed by atoms with Crippen molar-refractivity contribution >= 4 is 0 Å². The topological polar surface area (TPSA) is 44.5 Å². The summed E-state index contributed by atoms with van der Waals surface area (Å²) in [6.45, 7) is 4.31. The highest BCUT2D eigenvalue weighted by molar-refractivity contribution is 5.25. The molecule has 0 saturated carbocycles. The van der Waals surface area contributed by atoms with Crippen molar-refractivity contribution in [3.05, 3.63) is 35.4 Å². The van der Waals surface area contributed by atoms with Gasteiger partial charge < -0.3 is 10.6 Å². The van der Waals surface area contributed by atoms with Crippen LogP contribution < -0.4 is 11.2 Å². The molecule has 1 atom stereocenters. The standard InChI is InChI=1S/C14H22F2N4/c1-19-6-8-20(9-7-19)18-13(10-17)11-2-4-12(5-3-11)14(15)16/h2-5,13-14,18H,6-10,17H2,1H3. The summed E-state index contributed by atoms with van der Waals surface area (Å²) in [6.07, 6.45) is -2.43. The molecule has 0 bridgehead atoms. The maximum Gasteiger partial charge on any atom is 0.263 e. The number of hydrazine groups is 1. The van der Waals surface area contributed by atoms with Crippen LogP contribution in [0.3, 0.4) is 0 Å². The zero-order chi connectivity index (χ0) is 14.5. The molecular weight excluding hydrogens is 262 g/mol. The predicted molar refractivity (Wildman–Crippen MR) is 75.4 cm³/mol. The number of nitrogens with one attached hydrogen (secondary N) is 1. The van der Waals surface area contributed by atoms with E-state index in [1.165, 1.54) is 12.1 Å². The van der Waals surface area contributed by atoms with Gasteiger partial charge in [-0.05, 0) is 12.6 Å². The van der Waals surface area contributed by atoms with Crippen LogP contribution in [0.15, 0.2) is 24.3 Å². The lowest BCUT2D eigenvalue weighted by molar-refractivity contribution is 0.0880. The second-order valence-electron chi connectivity index (χ2n) is 5.18. The molecule has 0 amide bonds. The predicted octanol–water partition coefficient (Wildman–Crippen LogP) is 1.38. The molecule has 2 rings (SSSR count). The monoisotopic (exact) mass is 284 g/mol. The fourth-order valence-corrected chi connectivity index (χ4v) is 2.29. The van der Waals surface area contributed by atoms with Crippen LogP contribution in [0.2, 0.25) is 0 Å². The van der Waals surface area contributed by atoms with Gasteiger partial charge in [0.1, 0.15) is 0 Å². The van der Waals surface area contributed by atoms with Gasteiger partial charge in [0.05, 0.1) is 6.04 Å². The Morgan fingerprint density at radius 1 is 1.10 bits per heavy atom. The number of piperazine rings is 1. The minimum absolute atomic E-state index is 0.0369. The van der Waals surface area contributed by atoms with Crippen LogP contribution in [-0.2, 0) is 0 Å². The van der Waals surface area contributed by atoms with Gasteiger partial charge in [0.2, 0.25) is 0 Å². The summed E-state index contributed by atoms with van der Waals surface area (Å²) in [5, 5.41) is 2.15. The summed E-state index contributed by atoms with van der Waals surface area (Å²) in [6, 6.07) is 6.34. The highest BCUT2D eigenvalue weighted by Crippen LogP contribution is 2.21. The molecule has 4 nitrogen and oxygen atoms in total. The number of benzene rings is 1. The van der Waals surface area contributed by atoms with Gasteiger partial charge in [0.25, 0.3) is 6.43 Å². The van der Waals surface area contributed by atoms with Crippen LogP contribution >= 0.6 is 0 Å². The van der Waals surface area contributed by atoms with Gasteiger partial charge in [-0.15, -0.1) is 0 Å². The van der Waals surface area contributed by atoms with Gasteiger partial charge in [0, 0.05) is 38.3 Å². The van der Waals surface area contributed by atoms with Gasteiger partial charge in [-0.25, -0.2) is 19.2 Å². The Kier molecular flexibility index (Phi) is 5.42. The minimum atomic E-state index is -2.43. The van der Waals surface area contributed by atoms with Gasteiger partial charge in [-0.1, -0.05) is 24.3 Å². The fraction of sp³-hybridized carbons (Fsp3) is 0.571. The molecule has 112 valence electrons.